The Morgan fingerprint density at radius 3 is 2.34 bits per heavy atom. The normalized spacial score (nSPS) is 10.2. The van der Waals surface area contributed by atoms with Crippen molar-refractivity contribution in [3.05, 3.63) is 95.3 Å². The average Bonchev–Trinajstić information content (AvgIpc) is 2.81. The lowest BCUT2D eigenvalue weighted by molar-refractivity contribution is 0.0741. The van der Waals surface area contributed by atoms with E-state index in [2.05, 4.69) is 0 Å². The molecule has 0 unspecified atom stereocenters. The van der Waals surface area contributed by atoms with E-state index in [-0.39, 0.29) is 24.1 Å². The van der Waals surface area contributed by atoms with Crippen molar-refractivity contribution in [2.75, 3.05) is 20.2 Å². The quantitative estimate of drug-likeness (QED) is 0.472. The van der Waals surface area contributed by atoms with Crippen LogP contribution in [0, 0.1) is 5.82 Å². The third-order valence-electron chi connectivity index (χ3n) is 4.85. The van der Waals surface area contributed by atoms with E-state index in [0.717, 1.165) is 11.1 Å². The number of nitrogens with zero attached hydrogens (tertiary/aromatic N) is 1. The van der Waals surface area contributed by atoms with E-state index in [1.54, 1.807) is 42.3 Å². The second kappa shape index (κ2) is 12.7. The molecule has 0 fully saturated rings. The molecule has 0 heterocycles. The summed E-state index contributed by atoms with van der Waals surface area (Å²) in [5, 5.41) is 0. The third-order valence-corrected chi connectivity index (χ3v) is 4.85. The minimum absolute atomic E-state index is 0. The van der Waals surface area contributed by atoms with Crippen molar-refractivity contribution in [3.8, 4) is 11.5 Å². The second-order valence-corrected chi connectivity index (χ2v) is 7.14. The van der Waals surface area contributed by atoms with Gasteiger partial charge in [0.05, 0.1) is 7.11 Å². The molecule has 2 N–H and O–H groups in total. The topological polar surface area (TPSA) is 64.8 Å². The summed E-state index contributed by atoms with van der Waals surface area (Å²) in [7, 11) is 1.55. The highest BCUT2D eigenvalue weighted by atomic mass is 35.5. The van der Waals surface area contributed by atoms with Gasteiger partial charge in [-0.15, -0.1) is 12.4 Å². The van der Waals surface area contributed by atoms with Crippen molar-refractivity contribution in [2.45, 2.75) is 19.6 Å². The molecule has 5 nitrogen and oxygen atoms in total. The van der Waals surface area contributed by atoms with Gasteiger partial charge >= 0.3 is 0 Å². The molecule has 3 rings (SSSR count). The van der Waals surface area contributed by atoms with Gasteiger partial charge in [0.2, 0.25) is 0 Å². The number of rotatable bonds is 10. The van der Waals surface area contributed by atoms with Crippen molar-refractivity contribution in [1.82, 2.24) is 4.90 Å². The van der Waals surface area contributed by atoms with Crippen molar-refractivity contribution in [1.29, 1.82) is 0 Å². The first kappa shape index (κ1) is 25.2. The van der Waals surface area contributed by atoms with Gasteiger partial charge < -0.3 is 20.1 Å². The first-order chi connectivity index (χ1) is 15.1. The Labute approximate surface area is 194 Å². The number of benzene rings is 3. The Balaban J connectivity index is 0.00000363. The van der Waals surface area contributed by atoms with Gasteiger partial charge in [0.15, 0.2) is 11.5 Å². The zero-order chi connectivity index (χ0) is 22.1. The van der Waals surface area contributed by atoms with Gasteiger partial charge in [-0.1, -0.05) is 42.5 Å². The molecule has 3 aromatic rings. The van der Waals surface area contributed by atoms with Crippen LogP contribution in [-0.2, 0) is 13.2 Å². The SMILES string of the molecule is COc1cc(C(=O)N(CCCN)Cc2ccc(F)cc2)ccc1OCc1ccccc1.Cl. The van der Waals surface area contributed by atoms with Gasteiger partial charge in [-0.2, -0.15) is 0 Å². The zero-order valence-electron chi connectivity index (χ0n) is 18.0. The van der Waals surface area contributed by atoms with E-state index in [0.29, 0.717) is 49.7 Å². The van der Waals surface area contributed by atoms with Gasteiger partial charge in [0.1, 0.15) is 12.4 Å². The molecule has 0 aromatic heterocycles. The Morgan fingerprint density at radius 1 is 0.969 bits per heavy atom. The Hall–Kier alpha value is -3.09. The van der Waals surface area contributed by atoms with Crippen LogP contribution < -0.4 is 15.2 Å². The van der Waals surface area contributed by atoms with Crippen molar-refractivity contribution in [2.24, 2.45) is 5.73 Å². The minimum Gasteiger partial charge on any atom is -0.493 e. The molecule has 1 amide bonds. The number of hydrogen-bond acceptors (Lipinski definition) is 4. The van der Waals surface area contributed by atoms with Gasteiger partial charge in [-0.05, 0) is 54.4 Å². The van der Waals surface area contributed by atoms with Gasteiger partial charge in [0.25, 0.3) is 5.91 Å². The number of ether oxygens (including phenoxy) is 2. The molecule has 7 heteroatoms. The molecule has 0 saturated carbocycles. The molecule has 170 valence electrons. The van der Waals surface area contributed by atoms with Crippen LogP contribution in [0.25, 0.3) is 0 Å². The highest BCUT2D eigenvalue weighted by molar-refractivity contribution is 5.95. The first-order valence-electron chi connectivity index (χ1n) is 10.2. The fourth-order valence-electron chi connectivity index (χ4n) is 3.18. The Morgan fingerprint density at radius 2 is 1.69 bits per heavy atom. The Kier molecular flexibility index (Phi) is 9.98. The summed E-state index contributed by atoms with van der Waals surface area (Å²) in [5.41, 5.74) is 8.03. The van der Waals surface area contributed by atoms with Crippen LogP contribution in [-0.4, -0.2) is 31.0 Å². The second-order valence-electron chi connectivity index (χ2n) is 7.14. The summed E-state index contributed by atoms with van der Waals surface area (Å²) in [5.74, 6) is 0.599. The smallest absolute Gasteiger partial charge is 0.254 e. The molecule has 0 radical (unpaired) electrons. The van der Waals surface area contributed by atoms with Gasteiger partial charge in [0, 0.05) is 18.7 Å². The lowest BCUT2D eigenvalue weighted by Crippen LogP contribution is -2.32. The number of carbonyl (C=O) groups is 1. The summed E-state index contributed by atoms with van der Waals surface area (Å²) in [4.78, 5) is 14.9. The molecule has 0 saturated heterocycles. The number of carbonyl (C=O) groups excluding carboxylic acids is 1. The standard InChI is InChI=1S/C25H27FN2O3.ClH/c1-30-24-16-21(10-13-23(24)31-18-20-6-3-2-4-7-20)25(29)28(15-5-14-27)17-19-8-11-22(26)12-9-19;/h2-4,6-13,16H,5,14-15,17-18,27H2,1H3;1H. The Bertz CT molecular complexity index is 984. The molecule has 3 aromatic carbocycles. The summed E-state index contributed by atoms with van der Waals surface area (Å²) in [6.07, 6.45) is 0.669. The van der Waals surface area contributed by atoms with Crippen LogP contribution in [0.4, 0.5) is 4.39 Å². The van der Waals surface area contributed by atoms with Crippen LogP contribution in [0.5, 0.6) is 11.5 Å². The van der Waals surface area contributed by atoms with Crippen LogP contribution in [0.15, 0.2) is 72.8 Å². The fraction of sp³-hybridized carbons (Fsp3) is 0.240. The van der Waals surface area contributed by atoms with Crippen LogP contribution >= 0.6 is 12.4 Å². The van der Waals surface area contributed by atoms with E-state index in [1.165, 1.54) is 12.1 Å². The minimum atomic E-state index is -0.306. The molecule has 32 heavy (non-hydrogen) atoms. The summed E-state index contributed by atoms with van der Waals surface area (Å²) in [6, 6.07) is 21.1. The number of methoxy groups -OCH3 is 1. The van der Waals surface area contributed by atoms with E-state index >= 15 is 0 Å². The van der Waals surface area contributed by atoms with Crippen LogP contribution in [0.3, 0.4) is 0 Å². The first-order valence-corrected chi connectivity index (χ1v) is 10.2. The lowest BCUT2D eigenvalue weighted by Gasteiger charge is -2.23. The third kappa shape index (κ3) is 6.97. The zero-order valence-corrected chi connectivity index (χ0v) is 18.8. The summed E-state index contributed by atoms with van der Waals surface area (Å²) < 4.78 is 24.6. The van der Waals surface area contributed by atoms with E-state index in [1.807, 2.05) is 30.3 Å². The average molecular weight is 459 g/mol. The monoisotopic (exact) mass is 458 g/mol. The number of nitrogens with two attached hydrogens (primary N) is 1. The molecule has 0 bridgehead atoms. The maximum Gasteiger partial charge on any atom is 0.254 e. The van der Waals surface area contributed by atoms with E-state index < -0.39 is 0 Å². The number of amides is 1. The van der Waals surface area contributed by atoms with Gasteiger partial charge in [-0.25, -0.2) is 4.39 Å². The van der Waals surface area contributed by atoms with Crippen molar-refractivity contribution in [3.63, 3.8) is 0 Å². The van der Waals surface area contributed by atoms with Crippen LogP contribution in [0.1, 0.15) is 27.9 Å². The lowest BCUT2D eigenvalue weighted by atomic mass is 10.1. The molecule has 0 aliphatic heterocycles. The van der Waals surface area contributed by atoms with E-state index in [9.17, 15) is 9.18 Å². The predicted molar refractivity (Wildman–Crippen MR) is 126 cm³/mol. The summed E-state index contributed by atoms with van der Waals surface area (Å²) in [6.45, 7) is 1.75. The van der Waals surface area contributed by atoms with Gasteiger partial charge in [-0.3, -0.25) is 4.79 Å². The van der Waals surface area contributed by atoms with Crippen molar-refractivity contribution >= 4 is 18.3 Å². The highest BCUT2D eigenvalue weighted by Crippen LogP contribution is 2.29. The maximum absolute atomic E-state index is 13.2. The molecule has 0 aliphatic rings. The largest absolute Gasteiger partial charge is 0.493 e. The molecular weight excluding hydrogens is 431 g/mol. The fourth-order valence-corrected chi connectivity index (χ4v) is 3.18. The highest BCUT2D eigenvalue weighted by Gasteiger charge is 2.18. The molecule has 0 atom stereocenters. The van der Waals surface area contributed by atoms with Crippen molar-refractivity contribution < 1.29 is 18.7 Å². The molecule has 0 aliphatic carbocycles. The number of hydrogen-bond donors (Lipinski definition) is 1. The van der Waals surface area contributed by atoms with E-state index in [4.69, 9.17) is 15.2 Å². The number of halogens is 2. The maximum atomic E-state index is 13.2. The van der Waals surface area contributed by atoms with Crippen LogP contribution in [0.2, 0.25) is 0 Å². The predicted octanol–water partition coefficient (Wildman–Crippen LogP) is 4.83. The summed E-state index contributed by atoms with van der Waals surface area (Å²) >= 11 is 0. The molecule has 0 spiro atoms. The molecular formula is C25H28ClFN2O3.